The molecule has 7 nitrogen and oxygen atoms in total. The van der Waals surface area contributed by atoms with Gasteiger partial charge in [-0.25, -0.2) is 9.36 Å². The maximum Gasteiger partial charge on any atom is 0.344 e. The van der Waals surface area contributed by atoms with Gasteiger partial charge in [0.15, 0.2) is 5.65 Å². The molecule has 3 aromatic rings. The molecule has 0 aliphatic carbocycles. The van der Waals surface area contributed by atoms with Crippen molar-refractivity contribution in [2.45, 2.75) is 31.1 Å². The summed E-state index contributed by atoms with van der Waals surface area (Å²) in [5.41, 5.74) is 0.424. The van der Waals surface area contributed by atoms with Gasteiger partial charge in [0.2, 0.25) is 0 Å². The predicted octanol–water partition coefficient (Wildman–Crippen LogP) is 1.73. The molecule has 1 aromatic carbocycles. The van der Waals surface area contributed by atoms with Crippen LogP contribution in [0.5, 0.6) is 0 Å². The minimum atomic E-state index is -1.38. The molecule has 0 spiro atoms. The van der Waals surface area contributed by atoms with Crippen LogP contribution in [-0.2, 0) is 23.3 Å². The molecule has 1 atom stereocenters. The van der Waals surface area contributed by atoms with E-state index in [9.17, 15) is 14.5 Å². The second-order valence-corrected chi connectivity index (χ2v) is 7.71. The molecule has 8 heteroatoms. The van der Waals surface area contributed by atoms with E-state index in [1.165, 1.54) is 17.1 Å². The molecular formula is C18H20N4O3S. The SMILES string of the molecule is C=CCn1c(=O)c2cnc([S+](C)[O-])nc2n1-c1cccc(C(C)(C)O)c1. The summed E-state index contributed by atoms with van der Waals surface area (Å²) in [6.07, 6.45) is 4.50. The Labute approximate surface area is 153 Å². The predicted molar refractivity (Wildman–Crippen MR) is 101 cm³/mol. The van der Waals surface area contributed by atoms with Crippen LogP contribution in [0.1, 0.15) is 19.4 Å². The van der Waals surface area contributed by atoms with E-state index in [1.54, 1.807) is 36.7 Å². The maximum atomic E-state index is 12.8. The summed E-state index contributed by atoms with van der Waals surface area (Å²) < 4.78 is 14.9. The first-order valence-corrected chi connectivity index (χ1v) is 9.56. The summed E-state index contributed by atoms with van der Waals surface area (Å²) in [4.78, 5) is 21.1. The summed E-state index contributed by atoms with van der Waals surface area (Å²) in [6.45, 7) is 7.36. The molecule has 2 heterocycles. The highest BCUT2D eigenvalue weighted by Gasteiger charge is 2.21. The molecule has 0 bridgehead atoms. The first-order valence-electron chi connectivity index (χ1n) is 8.00. The Hall–Kier alpha value is -2.42. The number of aliphatic hydroxyl groups is 1. The molecule has 0 aliphatic rings. The van der Waals surface area contributed by atoms with Gasteiger partial charge in [-0.1, -0.05) is 18.2 Å². The molecule has 0 fully saturated rings. The van der Waals surface area contributed by atoms with E-state index in [4.69, 9.17) is 0 Å². The van der Waals surface area contributed by atoms with Crippen LogP contribution in [0.4, 0.5) is 0 Å². The second-order valence-electron chi connectivity index (χ2n) is 6.44. The quantitative estimate of drug-likeness (QED) is 0.418. The van der Waals surface area contributed by atoms with Crippen LogP contribution < -0.4 is 5.56 Å². The van der Waals surface area contributed by atoms with Crippen LogP contribution in [0.15, 0.2) is 53.1 Å². The lowest BCUT2D eigenvalue weighted by molar-refractivity contribution is 0.0786. The lowest BCUT2D eigenvalue weighted by Gasteiger charge is -2.19. The van der Waals surface area contributed by atoms with Crippen molar-refractivity contribution in [3.8, 4) is 5.69 Å². The van der Waals surface area contributed by atoms with Crippen LogP contribution in [0.3, 0.4) is 0 Å². The van der Waals surface area contributed by atoms with Crippen LogP contribution in [-0.4, -0.2) is 35.2 Å². The monoisotopic (exact) mass is 372 g/mol. The molecule has 0 aliphatic heterocycles. The van der Waals surface area contributed by atoms with Crippen molar-refractivity contribution in [3.63, 3.8) is 0 Å². The van der Waals surface area contributed by atoms with Gasteiger partial charge in [-0.2, -0.15) is 9.97 Å². The summed E-state index contributed by atoms with van der Waals surface area (Å²) >= 11 is -1.38. The van der Waals surface area contributed by atoms with Gasteiger partial charge in [-0.05, 0) is 31.5 Å². The average Bonchev–Trinajstić information content (AvgIpc) is 2.86. The summed E-state index contributed by atoms with van der Waals surface area (Å²) in [5.74, 6) is 0. The van der Waals surface area contributed by atoms with Crippen molar-refractivity contribution in [2.75, 3.05) is 6.26 Å². The lowest BCUT2D eigenvalue weighted by atomic mass is 9.98. The number of hydrogen-bond donors (Lipinski definition) is 1. The molecule has 136 valence electrons. The van der Waals surface area contributed by atoms with Crippen molar-refractivity contribution >= 4 is 22.2 Å². The molecule has 1 N–H and O–H groups in total. The minimum Gasteiger partial charge on any atom is -0.609 e. The Morgan fingerprint density at radius 2 is 2.15 bits per heavy atom. The molecule has 26 heavy (non-hydrogen) atoms. The van der Waals surface area contributed by atoms with Gasteiger partial charge < -0.3 is 9.66 Å². The summed E-state index contributed by atoms with van der Waals surface area (Å²) in [6, 6.07) is 7.23. The van der Waals surface area contributed by atoms with Crippen molar-refractivity contribution < 1.29 is 9.66 Å². The van der Waals surface area contributed by atoms with E-state index < -0.39 is 16.8 Å². The third kappa shape index (κ3) is 3.18. The van der Waals surface area contributed by atoms with Crippen molar-refractivity contribution in [2.24, 2.45) is 0 Å². The van der Waals surface area contributed by atoms with Gasteiger partial charge in [-0.3, -0.25) is 4.79 Å². The standard InChI is InChI=1S/C18H20N4O3S/c1-5-9-21-16(23)14-11-19-17(26(4)25)20-15(14)22(21)13-8-6-7-12(10-13)18(2,3)24/h5-8,10-11,24H,1,9H2,2-4H3. The van der Waals surface area contributed by atoms with Crippen LogP contribution in [0.2, 0.25) is 0 Å². The number of hydrogen-bond acceptors (Lipinski definition) is 5. The van der Waals surface area contributed by atoms with E-state index in [0.717, 1.165) is 0 Å². The fourth-order valence-electron chi connectivity index (χ4n) is 2.72. The highest BCUT2D eigenvalue weighted by molar-refractivity contribution is 7.90. The zero-order valence-corrected chi connectivity index (χ0v) is 15.7. The third-order valence-corrected chi connectivity index (χ3v) is 4.72. The van der Waals surface area contributed by atoms with Crippen molar-refractivity contribution in [1.29, 1.82) is 0 Å². The van der Waals surface area contributed by atoms with E-state index >= 15 is 0 Å². The number of rotatable bonds is 5. The van der Waals surface area contributed by atoms with Crippen molar-refractivity contribution in [3.05, 3.63) is 59.0 Å². The molecule has 2 aromatic heterocycles. The Morgan fingerprint density at radius 1 is 1.42 bits per heavy atom. The van der Waals surface area contributed by atoms with E-state index in [0.29, 0.717) is 22.3 Å². The van der Waals surface area contributed by atoms with Gasteiger partial charge in [-0.15, -0.1) is 6.58 Å². The maximum absolute atomic E-state index is 12.8. The summed E-state index contributed by atoms with van der Waals surface area (Å²) in [7, 11) is 0. The molecular weight excluding hydrogens is 352 g/mol. The Bertz CT molecular complexity index is 1030. The lowest BCUT2D eigenvalue weighted by Crippen LogP contribution is -2.22. The normalized spacial score (nSPS) is 13.1. The number of fused-ring (bicyclic) bond motifs is 1. The van der Waals surface area contributed by atoms with Gasteiger partial charge >= 0.3 is 5.16 Å². The van der Waals surface area contributed by atoms with E-state index in [1.807, 2.05) is 12.1 Å². The fraction of sp³-hybridized carbons (Fsp3) is 0.278. The van der Waals surface area contributed by atoms with Crippen LogP contribution in [0.25, 0.3) is 16.7 Å². The minimum absolute atomic E-state index is 0.153. The Balaban J connectivity index is 2.36. The zero-order chi connectivity index (χ0) is 19.1. The van der Waals surface area contributed by atoms with Crippen LogP contribution >= 0.6 is 0 Å². The van der Waals surface area contributed by atoms with E-state index in [-0.39, 0.29) is 17.3 Å². The number of aromatic nitrogens is 4. The van der Waals surface area contributed by atoms with E-state index in [2.05, 4.69) is 16.5 Å². The molecule has 0 radical (unpaired) electrons. The molecule has 0 saturated heterocycles. The smallest absolute Gasteiger partial charge is 0.344 e. The van der Waals surface area contributed by atoms with Gasteiger partial charge in [0.1, 0.15) is 11.6 Å². The second kappa shape index (κ2) is 6.71. The first kappa shape index (κ1) is 18.4. The van der Waals surface area contributed by atoms with Gasteiger partial charge in [0, 0.05) is 11.2 Å². The molecule has 3 rings (SSSR count). The van der Waals surface area contributed by atoms with Crippen molar-refractivity contribution in [1.82, 2.24) is 19.3 Å². The number of benzene rings is 1. The average molecular weight is 372 g/mol. The highest BCUT2D eigenvalue weighted by atomic mass is 32.2. The Morgan fingerprint density at radius 3 is 2.77 bits per heavy atom. The number of allylic oxidation sites excluding steroid dienone is 1. The molecule has 0 amide bonds. The highest BCUT2D eigenvalue weighted by Crippen LogP contribution is 2.24. The topological polar surface area (TPSA) is 96.0 Å². The first-order chi connectivity index (χ1) is 12.2. The van der Waals surface area contributed by atoms with Gasteiger partial charge in [0.05, 0.1) is 24.0 Å². The molecule has 1 unspecified atom stereocenters. The largest absolute Gasteiger partial charge is 0.609 e. The Kier molecular flexibility index (Phi) is 4.74. The zero-order valence-electron chi connectivity index (χ0n) is 14.8. The fourth-order valence-corrected chi connectivity index (χ4v) is 3.14. The molecule has 0 saturated carbocycles. The van der Waals surface area contributed by atoms with Crippen LogP contribution in [0, 0.1) is 0 Å². The third-order valence-electron chi connectivity index (χ3n) is 4.01. The summed E-state index contributed by atoms with van der Waals surface area (Å²) in [5, 5.41) is 10.8. The van der Waals surface area contributed by atoms with Gasteiger partial charge in [0.25, 0.3) is 5.56 Å². The number of nitrogens with zero attached hydrogens (tertiary/aromatic N) is 4.